The summed E-state index contributed by atoms with van der Waals surface area (Å²) in [6, 6.07) is -0.672. The minimum absolute atomic E-state index is 0.0295. The predicted molar refractivity (Wildman–Crippen MR) is 250 cm³/mol. The summed E-state index contributed by atoms with van der Waals surface area (Å²) in [6.45, 7) is 4.80. The number of esters is 1. The Kier molecular flexibility index (Phi) is 45.7. The number of aliphatic hydroxyl groups excluding tert-OH is 2. The lowest BCUT2D eigenvalue weighted by molar-refractivity contribution is -0.143. The van der Waals surface area contributed by atoms with Crippen LogP contribution in [0.5, 0.6) is 0 Å². The van der Waals surface area contributed by atoms with E-state index in [1.807, 2.05) is 12.2 Å². The zero-order valence-corrected chi connectivity index (χ0v) is 38.3. The van der Waals surface area contributed by atoms with Crippen molar-refractivity contribution >= 4 is 11.9 Å². The Bertz CT molecular complexity index is 988. The zero-order valence-electron chi connectivity index (χ0n) is 38.3. The summed E-state index contributed by atoms with van der Waals surface area (Å²) in [6.07, 6.45) is 58.3. The van der Waals surface area contributed by atoms with E-state index in [-0.39, 0.29) is 18.5 Å². The molecule has 2 atom stereocenters. The second-order valence-corrected chi connectivity index (χ2v) is 16.8. The van der Waals surface area contributed by atoms with E-state index in [1.165, 1.54) is 161 Å². The molecule has 2 unspecified atom stereocenters. The molecule has 0 spiro atoms. The number of carbonyl (C=O) groups excluding carboxylic acids is 2. The number of allylic oxidation sites excluding steroid dienone is 7. The van der Waals surface area contributed by atoms with Crippen LogP contribution in [-0.2, 0) is 14.3 Å². The van der Waals surface area contributed by atoms with E-state index in [0.717, 1.165) is 51.4 Å². The van der Waals surface area contributed by atoms with E-state index in [9.17, 15) is 19.8 Å². The molecule has 3 N–H and O–H groups in total. The van der Waals surface area contributed by atoms with Crippen LogP contribution in [0.1, 0.15) is 245 Å². The SMILES string of the molecule is CCCCC/C=C\CCCCCCCC(=O)OCCCCCCCC/C=C\C/C=C\CCC(=O)NC(CO)C(O)/C=C/CCCCCCCCCCCCCCCC. The summed E-state index contributed by atoms with van der Waals surface area (Å²) < 4.78 is 5.43. The van der Waals surface area contributed by atoms with Crippen molar-refractivity contribution in [1.82, 2.24) is 5.32 Å². The average molecular weight is 814 g/mol. The van der Waals surface area contributed by atoms with Gasteiger partial charge in [0.05, 0.1) is 25.4 Å². The van der Waals surface area contributed by atoms with Crippen LogP contribution in [0.4, 0.5) is 0 Å². The summed E-state index contributed by atoms with van der Waals surface area (Å²) in [5.74, 6) is -0.179. The Balaban J connectivity index is 3.62. The summed E-state index contributed by atoms with van der Waals surface area (Å²) in [7, 11) is 0. The van der Waals surface area contributed by atoms with E-state index < -0.39 is 12.1 Å². The van der Waals surface area contributed by atoms with Gasteiger partial charge in [0, 0.05) is 12.8 Å². The second kappa shape index (κ2) is 47.5. The molecule has 338 valence electrons. The monoisotopic (exact) mass is 814 g/mol. The Morgan fingerprint density at radius 1 is 0.483 bits per heavy atom. The topological polar surface area (TPSA) is 95.9 Å². The molecule has 0 aromatic rings. The quantitative estimate of drug-likeness (QED) is 0.0323. The van der Waals surface area contributed by atoms with Gasteiger partial charge in [-0.15, -0.1) is 0 Å². The van der Waals surface area contributed by atoms with Crippen molar-refractivity contribution < 1.29 is 24.5 Å². The molecular formula is C52H95NO5. The van der Waals surface area contributed by atoms with Gasteiger partial charge in [0.2, 0.25) is 5.91 Å². The maximum Gasteiger partial charge on any atom is 0.305 e. The van der Waals surface area contributed by atoms with Crippen molar-refractivity contribution in [3.8, 4) is 0 Å². The molecule has 0 aromatic carbocycles. The van der Waals surface area contributed by atoms with E-state index in [4.69, 9.17) is 4.74 Å². The third-order valence-corrected chi connectivity index (χ3v) is 11.1. The smallest absolute Gasteiger partial charge is 0.305 e. The highest BCUT2D eigenvalue weighted by Crippen LogP contribution is 2.14. The van der Waals surface area contributed by atoms with Crippen molar-refractivity contribution in [2.45, 2.75) is 257 Å². The fourth-order valence-corrected chi connectivity index (χ4v) is 7.20. The number of rotatable bonds is 45. The molecule has 0 saturated carbocycles. The number of hydrogen-bond acceptors (Lipinski definition) is 5. The first-order chi connectivity index (χ1) is 28.5. The highest BCUT2D eigenvalue weighted by molar-refractivity contribution is 5.76. The standard InChI is InChI=1S/C52H95NO5/c1-3-5-7-9-11-13-15-17-18-19-21-24-28-32-36-40-44-50(55)49(48-54)53-51(56)45-41-37-33-29-25-22-20-23-27-31-35-39-43-47-58-52(57)46-42-38-34-30-26-16-14-12-10-8-6-4-2/h12,14,22,25,33,37,40,44,49-50,54-55H,3-11,13,15-21,23-24,26-32,34-36,38-39,41-43,45-48H2,1-2H3,(H,53,56)/b14-12-,25-22-,37-33-,44-40+. The molecule has 6 heteroatoms. The van der Waals surface area contributed by atoms with Gasteiger partial charge < -0.3 is 20.3 Å². The molecule has 0 fully saturated rings. The highest BCUT2D eigenvalue weighted by Gasteiger charge is 2.17. The number of nitrogens with one attached hydrogen (secondary N) is 1. The maximum atomic E-state index is 12.4. The van der Waals surface area contributed by atoms with Gasteiger partial charge in [-0.25, -0.2) is 0 Å². The van der Waals surface area contributed by atoms with Crippen molar-refractivity contribution in [3.63, 3.8) is 0 Å². The molecule has 0 rings (SSSR count). The van der Waals surface area contributed by atoms with E-state index >= 15 is 0 Å². The fourth-order valence-electron chi connectivity index (χ4n) is 7.20. The van der Waals surface area contributed by atoms with Gasteiger partial charge in [0.1, 0.15) is 0 Å². The highest BCUT2D eigenvalue weighted by atomic mass is 16.5. The molecule has 1 amide bonds. The first kappa shape index (κ1) is 55.8. The molecule has 0 bridgehead atoms. The molecular weight excluding hydrogens is 719 g/mol. The maximum absolute atomic E-state index is 12.4. The van der Waals surface area contributed by atoms with E-state index in [2.05, 4.69) is 49.5 Å². The van der Waals surface area contributed by atoms with Gasteiger partial charge in [-0.2, -0.15) is 0 Å². The summed E-state index contributed by atoms with van der Waals surface area (Å²) in [5.41, 5.74) is 0. The Hall–Kier alpha value is -2.18. The van der Waals surface area contributed by atoms with Crippen molar-refractivity contribution in [3.05, 3.63) is 48.6 Å². The number of aliphatic hydroxyl groups is 2. The second-order valence-electron chi connectivity index (χ2n) is 16.8. The third kappa shape index (κ3) is 43.4. The van der Waals surface area contributed by atoms with Crippen LogP contribution >= 0.6 is 0 Å². The lowest BCUT2D eigenvalue weighted by Crippen LogP contribution is -2.45. The fraction of sp³-hybridized carbons (Fsp3) is 0.808. The van der Waals surface area contributed by atoms with Crippen LogP contribution in [0.2, 0.25) is 0 Å². The molecule has 0 saturated heterocycles. The summed E-state index contributed by atoms with van der Waals surface area (Å²) >= 11 is 0. The molecule has 6 nitrogen and oxygen atoms in total. The Morgan fingerprint density at radius 2 is 0.879 bits per heavy atom. The number of hydrogen-bond donors (Lipinski definition) is 3. The average Bonchev–Trinajstić information content (AvgIpc) is 3.22. The molecule has 58 heavy (non-hydrogen) atoms. The minimum Gasteiger partial charge on any atom is -0.466 e. The van der Waals surface area contributed by atoms with Gasteiger partial charge in [-0.05, 0) is 77.0 Å². The van der Waals surface area contributed by atoms with Crippen LogP contribution in [0.25, 0.3) is 0 Å². The van der Waals surface area contributed by atoms with Crippen LogP contribution < -0.4 is 5.32 Å². The van der Waals surface area contributed by atoms with Crippen LogP contribution in [0.3, 0.4) is 0 Å². The Labute approximate surface area is 359 Å². The zero-order chi connectivity index (χ0) is 42.3. The molecule has 0 aromatic heterocycles. The predicted octanol–water partition coefficient (Wildman–Crippen LogP) is 14.7. The van der Waals surface area contributed by atoms with Gasteiger partial charge in [-0.1, -0.05) is 204 Å². The molecule has 0 radical (unpaired) electrons. The van der Waals surface area contributed by atoms with Crippen LogP contribution in [0, 0.1) is 0 Å². The number of carbonyl (C=O) groups is 2. The Morgan fingerprint density at radius 3 is 1.40 bits per heavy atom. The molecule has 0 heterocycles. The lowest BCUT2D eigenvalue weighted by atomic mass is 10.0. The number of amides is 1. The van der Waals surface area contributed by atoms with Gasteiger partial charge in [0.15, 0.2) is 0 Å². The third-order valence-electron chi connectivity index (χ3n) is 11.1. The lowest BCUT2D eigenvalue weighted by Gasteiger charge is -2.19. The molecule has 0 aliphatic carbocycles. The molecule has 0 aliphatic rings. The first-order valence-corrected chi connectivity index (χ1v) is 24.9. The number of unbranched alkanes of at least 4 members (excludes halogenated alkanes) is 28. The first-order valence-electron chi connectivity index (χ1n) is 24.9. The van der Waals surface area contributed by atoms with Gasteiger partial charge in [-0.3, -0.25) is 9.59 Å². The van der Waals surface area contributed by atoms with Crippen LogP contribution in [0.15, 0.2) is 48.6 Å². The van der Waals surface area contributed by atoms with Gasteiger partial charge >= 0.3 is 5.97 Å². The van der Waals surface area contributed by atoms with Gasteiger partial charge in [0.25, 0.3) is 0 Å². The minimum atomic E-state index is -0.880. The van der Waals surface area contributed by atoms with Crippen molar-refractivity contribution in [1.29, 1.82) is 0 Å². The largest absolute Gasteiger partial charge is 0.466 e. The summed E-state index contributed by atoms with van der Waals surface area (Å²) in [5, 5.41) is 23.0. The normalized spacial score (nSPS) is 13.1. The van der Waals surface area contributed by atoms with E-state index in [0.29, 0.717) is 25.9 Å². The number of ether oxygens (including phenoxy) is 1. The van der Waals surface area contributed by atoms with E-state index in [1.54, 1.807) is 6.08 Å². The van der Waals surface area contributed by atoms with Crippen LogP contribution in [-0.4, -0.2) is 47.4 Å². The molecule has 0 aliphatic heterocycles. The summed E-state index contributed by atoms with van der Waals surface area (Å²) in [4.78, 5) is 24.4. The van der Waals surface area contributed by atoms with Crippen molar-refractivity contribution in [2.75, 3.05) is 13.2 Å². The van der Waals surface area contributed by atoms with Crippen molar-refractivity contribution in [2.24, 2.45) is 0 Å².